The molecule has 19 heavy (non-hydrogen) atoms. The van der Waals surface area contributed by atoms with Crippen LogP contribution in [0.3, 0.4) is 0 Å². The van der Waals surface area contributed by atoms with Crippen molar-refractivity contribution >= 4 is 0 Å². The SMILES string of the molecule is Fc1cc(F)cc(C2(N3CCNCC3)CCCC2)c1. The second-order valence-electron chi connectivity index (χ2n) is 5.63. The van der Waals surface area contributed by atoms with Crippen LogP contribution in [-0.4, -0.2) is 31.1 Å². The van der Waals surface area contributed by atoms with Gasteiger partial charge in [0, 0.05) is 37.8 Å². The maximum atomic E-state index is 13.5. The lowest BCUT2D eigenvalue weighted by molar-refractivity contribution is 0.0752. The van der Waals surface area contributed by atoms with E-state index in [1.54, 1.807) is 0 Å². The van der Waals surface area contributed by atoms with Crippen molar-refractivity contribution in [2.75, 3.05) is 26.2 Å². The van der Waals surface area contributed by atoms with Crippen LogP contribution in [0.5, 0.6) is 0 Å². The first kappa shape index (κ1) is 13.0. The molecule has 1 aromatic carbocycles. The number of rotatable bonds is 2. The van der Waals surface area contributed by atoms with Gasteiger partial charge in [0.25, 0.3) is 0 Å². The van der Waals surface area contributed by atoms with E-state index < -0.39 is 11.6 Å². The van der Waals surface area contributed by atoms with E-state index in [0.717, 1.165) is 63.5 Å². The second-order valence-corrected chi connectivity index (χ2v) is 5.63. The molecule has 0 atom stereocenters. The predicted molar refractivity (Wildman–Crippen MR) is 70.9 cm³/mol. The normalized spacial score (nSPS) is 23.7. The Labute approximate surface area is 112 Å². The van der Waals surface area contributed by atoms with Gasteiger partial charge < -0.3 is 5.32 Å². The summed E-state index contributed by atoms with van der Waals surface area (Å²) in [7, 11) is 0. The number of hydrogen-bond donors (Lipinski definition) is 1. The van der Waals surface area contributed by atoms with Gasteiger partial charge in [0.1, 0.15) is 11.6 Å². The highest BCUT2D eigenvalue weighted by molar-refractivity contribution is 5.28. The first-order chi connectivity index (χ1) is 9.21. The van der Waals surface area contributed by atoms with Crippen molar-refractivity contribution in [3.63, 3.8) is 0 Å². The van der Waals surface area contributed by atoms with Crippen molar-refractivity contribution in [2.24, 2.45) is 0 Å². The first-order valence-electron chi connectivity index (χ1n) is 7.13. The van der Waals surface area contributed by atoms with Gasteiger partial charge in [0.2, 0.25) is 0 Å². The van der Waals surface area contributed by atoms with E-state index in [2.05, 4.69) is 10.2 Å². The van der Waals surface area contributed by atoms with Crippen LogP contribution in [0.4, 0.5) is 8.78 Å². The maximum Gasteiger partial charge on any atom is 0.126 e. The summed E-state index contributed by atoms with van der Waals surface area (Å²) in [5.74, 6) is -0.923. The number of nitrogens with zero attached hydrogens (tertiary/aromatic N) is 1. The molecule has 1 saturated carbocycles. The van der Waals surface area contributed by atoms with E-state index in [9.17, 15) is 8.78 Å². The lowest BCUT2D eigenvalue weighted by Gasteiger charge is -2.44. The van der Waals surface area contributed by atoms with Crippen LogP contribution in [0, 0.1) is 11.6 Å². The lowest BCUT2D eigenvalue weighted by Crippen LogP contribution is -2.53. The highest BCUT2D eigenvalue weighted by Gasteiger charge is 2.41. The van der Waals surface area contributed by atoms with Crippen LogP contribution in [-0.2, 0) is 5.54 Å². The van der Waals surface area contributed by atoms with Gasteiger partial charge in [0.05, 0.1) is 0 Å². The van der Waals surface area contributed by atoms with E-state index in [-0.39, 0.29) is 5.54 Å². The third-order valence-corrected chi connectivity index (χ3v) is 4.55. The largest absolute Gasteiger partial charge is 0.314 e. The topological polar surface area (TPSA) is 15.3 Å². The fourth-order valence-electron chi connectivity index (χ4n) is 3.66. The van der Waals surface area contributed by atoms with E-state index in [4.69, 9.17) is 0 Å². The third kappa shape index (κ3) is 2.39. The first-order valence-corrected chi connectivity index (χ1v) is 7.13. The molecule has 1 aliphatic heterocycles. The summed E-state index contributed by atoms with van der Waals surface area (Å²) >= 11 is 0. The molecule has 104 valence electrons. The fourth-order valence-corrected chi connectivity index (χ4v) is 3.66. The molecular weight excluding hydrogens is 246 g/mol. The average molecular weight is 266 g/mol. The van der Waals surface area contributed by atoms with Gasteiger partial charge in [-0.1, -0.05) is 12.8 Å². The van der Waals surface area contributed by atoms with Gasteiger partial charge in [-0.3, -0.25) is 4.90 Å². The van der Waals surface area contributed by atoms with E-state index in [1.807, 2.05) is 0 Å². The van der Waals surface area contributed by atoms with E-state index >= 15 is 0 Å². The van der Waals surface area contributed by atoms with Crippen molar-refractivity contribution in [1.82, 2.24) is 10.2 Å². The van der Waals surface area contributed by atoms with Crippen LogP contribution in [0.2, 0.25) is 0 Å². The Hall–Kier alpha value is -1.00. The summed E-state index contributed by atoms with van der Waals surface area (Å²) in [5.41, 5.74) is 0.676. The molecule has 2 fully saturated rings. The fraction of sp³-hybridized carbons (Fsp3) is 0.600. The minimum absolute atomic E-state index is 0.148. The summed E-state index contributed by atoms with van der Waals surface area (Å²) in [6.07, 6.45) is 4.30. The lowest BCUT2D eigenvalue weighted by atomic mass is 9.85. The molecule has 0 unspecified atom stereocenters. The second kappa shape index (κ2) is 5.17. The molecule has 2 nitrogen and oxygen atoms in total. The molecule has 0 radical (unpaired) electrons. The minimum Gasteiger partial charge on any atom is -0.314 e. The summed E-state index contributed by atoms with van der Waals surface area (Å²) < 4.78 is 27.1. The molecule has 0 spiro atoms. The zero-order chi connectivity index (χ0) is 13.3. The molecule has 1 aromatic rings. The number of benzene rings is 1. The Morgan fingerprint density at radius 3 is 2.11 bits per heavy atom. The van der Waals surface area contributed by atoms with Crippen molar-refractivity contribution in [2.45, 2.75) is 31.2 Å². The van der Waals surface area contributed by atoms with Gasteiger partial charge in [-0.15, -0.1) is 0 Å². The van der Waals surface area contributed by atoms with Crippen molar-refractivity contribution in [3.8, 4) is 0 Å². The Morgan fingerprint density at radius 2 is 1.53 bits per heavy atom. The quantitative estimate of drug-likeness (QED) is 0.885. The average Bonchev–Trinajstić information content (AvgIpc) is 2.89. The molecule has 2 aliphatic rings. The minimum atomic E-state index is -0.462. The monoisotopic (exact) mass is 266 g/mol. The summed E-state index contributed by atoms with van der Waals surface area (Å²) in [6.45, 7) is 3.83. The van der Waals surface area contributed by atoms with Crippen LogP contribution >= 0.6 is 0 Å². The van der Waals surface area contributed by atoms with Crippen molar-refractivity contribution < 1.29 is 8.78 Å². The molecule has 1 heterocycles. The number of hydrogen-bond acceptors (Lipinski definition) is 2. The van der Waals surface area contributed by atoms with Gasteiger partial charge in [-0.2, -0.15) is 0 Å². The number of halogens is 2. The van der Waals surface area contributed by atoms with Crippen LogP contribution in [0.15, 0.2) is 18.2 Å². The Balaban J connectivity index is 1.99. The molecule has 0 bridgehead atoms. The van der Waals surface area contributed by atoms with Gasteiger partial charge in [-0.25, -0.2) is 8.78 Å². The van der Waals surface area contributed by atoms with Crippen LogP contribution < -0.4 is 5.32 Å². The van der Waals surface area contributed by atoms with Crippen LogP contribution in [0.1, 0.15) is 31.2 Å². The summed E-state index contributed by atoms with van der Waals surface area (Å²) in [6, 6.07) is 4.01. The van der Waals surface area contributed by atoms with E-state index in [0.29, 0.717) is 0 Å². The summed E-state index contributed by atoms with van der Waals surface area (Å²) in [5, 5.41) is 3.34. The molecule has 3 rings (SSSR count). The van der Waals surface area contributed by atoms with Crippen molar-refractivity contribution in [1.29, 1.82) is 0 Å². The third-order valence-electron chi connectivity index (χ3n) is 4.55. The Kier molecular flexibility index (Phi) is 3.54. The molecule has 0 aromatic heterocycles. The molecule has 1 N–H and O–H groups in total. The molecule has 1 aliphatic carbocycles. The number of nitrogens with one attached hydrogen (secondary N) is 1. The molecular formula is C15H20F2N2. The van der Waals surface area contributed by atoms with Crippen LogP contribution in [0.25, 0.3) is 0 Å². The standard InChI is InChI=1S/C15H20F2N2/c16-13-9-12(10-14(17)11-13)15(3-1-2-4-15)19-7-5-18-6-8-19/h9-11,18H,1-8H2. The number of piperazine rings is 1. The Bertz CT molecular complexity index is 429. The molecule has 4 heteroatoms. The molecule has 0 amide bonds. The van der Waals surface area contributed by atoms with Gasteiger partial charge in [0.15, 0.2) is 0 Å². The predicted octanol–water partition coefficient (Wildman–Crippen LogP) is 2.64. The van der Waals surface area contributed by atoms with Gasteiger partial charge >= 0.3 is 0 Å². The highest BCUT2D eigenvalue weighted by Crippen LogP contribution is 2.44. The molecule has 1 saturated heterocycles. The smallest absolute Gasteiger partial charge is 0.126 e. The Morgan fingerprint density at radius 1 is 0.947 bits per heavy atom. The maximum absolute atomic E-state index is 13.5. The van der Waals surface area contributed by atoms with E-state index in [1.165, 1.54) is 12.1 Å². The van der Waals surface area contributed by atoms with Crippen molar-refractivity contribution in [3.05, 3.63) is 35.4 Å². The van der Waals surface area contributed by atoms with Gasteiger partial charge in [-0.05, 0) is 30.5 Å². The zero-order valence-electron chi connectivity index (χ0n) is 11.1. The summed E-state index contributed by atoms with van der Waals surface area (Å²) in [4.78, 5) is 2.42. The zero-order valence-corrected chi connectivity index (χ0v) is 11.1. The highest BCUT2D eigenvalue weighted by atomic mass is 19.1.